The number of ether oxygens (including phenoxy) is 1. The van der Waals surface area contributed by atoms with E-state index in [1.165, 1.54) is 12.1 Å². The van der Waals surface area contributed by atoms with Gasteiger partial charge in [-0.1, -0.05) is 18.2 Å². The fourth-order valence-corrected chi connectivity index (χ4v) is 4.13. The van der Waals surface area contributed by atoms with E-state index in [2.05, 4.69) is 14.9 Å². The first-order chi connectivity index (χ1) is 13.5. The summed E-state index contributed by atoms with van der Waals surface area (Å²) in [5, 5.41) is 2.91. The highest BCUT2D eigenvalue weighted by Crippen LogP contribution is 2.21. The second kappa shape index (κ2) is 9.18. The number of nitrogens with zero attached hydrogens (tertiary/aromatic N) is 1. The van der Waals surface area contributed by atoms with E-state index < -0.39 is 10.0 Å². The highest BCUT2D eigenvalue weighted by atomic mass is 32.2. The Balaban J connectivity index is 1.59. The lowest BCUT2D eigenvalue weighted by atomic mass is 10.1. The van der Waals surface area contributed by atoms with Gasteiger partial charge in [0.15, 0.2) is 0 Å². The number of hydrogen-bond acceptors (Lipinski definition) is 5. The third-order valence-corrected chi connectivity index (χ3v) is 5.99. The molecule has 1 saturated heterocycles. The van der Waals surface area contributed by atoms with Gasteiger partial charge in [0.25, 0.3) is 15.9 Å². The molecule has 0 atom stereocenters. The van der Waals surface area contributed by atoms with Crippen LogP contribution in [0.25, 0.3) is 0 Å². The monoisotopic (exact) mass is 403 g/mol. The van der Waals surface area contributed by atoms with E-state index in [0.717, 1.165) is 32.8 Å². The standard InChI is InChI=1S/C20H25N3O4S/c1-16-15-17(20(24)21-9-10-23-11-13-27-14-12-23)7-8-19(16)22-28(25,26)18-5-3-2-4-6-18/h2-8,15,22H,9-14H2,1H3,(H,21,24). The summed E-state index contributed by atoms with van der Waals surface area (Å²) in [4.78, 5) is 14.8. The van der Waals surface area contributed by atoms with Crippen molar-refractivity contribution in [2.75, 3.05) is 44.1 Å². The van der Waals surface area contributed by atoms with Crippen molar-refractivity contribution in [2.24, 2.45) is 0 Å². The van der Waals surface area contributed by atoms with Crippen LogP contribution in [0, 0.1) is 6.92 Å². The second-order valence-corrected chi connectivity index (χ2v) is 8.34. The predicted octanol–water partition coefficient (Wildman–Crippen LogP) is 1.86. The Labute approximate surface area is 165 Å². The minimum Gasteiger partial charge on any atom is -0.379 e. The van der Waals surface area contributed by atoms with Crippen LogP contribution in [-0.2, 0) is 14.8 Å². The van der Waals surface area contributed by atoms with Crippen LogP contribution in [0.2, 0.25) is 0 Å². The minimum atomic E-state index is -3.66. The maximum atomic E-state index is 12.5. The topological polar surface area (TPSA) is 87.7 Å². The molecule has 2 aromatic rings. The maximum absolute atomic E-state index is 12.5. The van der Waals surface area contributed by atoms with Gasteiger partial charge < -0.3 is 10.1 Å². The zero-order chi connectivity index (χ0) is 20.0. The number of carbonyl (C=O) groups excluding carboxylic acids is 1. The predicted molar refractivity (Wildman–Crippen MR) is 108 cm³/mol. The molecule has 8 heteroatoms. The molecule has 3 rings (SSSR count). The van der Waals surface area contributed by atoms with E-state index in [-0.39, 0.29) is 10.8 Å². The molecule has 0 spiro atoms. The number of sulfonamides is 1. The van der Waals surface area contributed by atoms with Crippen molar-refractivity contribution >= 4 is 21.6 Å². The molecule has 2 aromatic carbocycles. The molecule has 150 valence electrons. The number of morpholine rings is 1. The van der Waals surface area contributed by atoms with Crippen molar-refractivity contribution in [3.8, 4) is 0 Å². The maximum Gasteiger partial charge on any atom is 0.261 e. The van der Waals surface area contributed by atoms with Crippen molar-refractivity contribution in [3.05, 3.63) is 59.7 Å². The summed E-state index contributed by atoms with van der Waals surface area (Å²) in [5.74, 6) is -0.172. The zero-order valence-corrected chi connectivity index (χ0v) is 16.7. The lowest BCUT2D eigenvalue weighted by molar-refractivity contribution is 0.0383. The first-order valence-electron chi connectivity index (χ1n) is 9.22. The first kappa shape index (κ1) is 20.3. The summed E-state index contributed by atoms with van der Waals surface area (Å²) in [6.45, 7) is 6.33. The van der Waals surface area contributed by atoms with E-state index >= 15 is 0 Å². The molecule has 2 N–H and O–H groups in total. The SMILES string of the molecule is Cc1cc(C(=O)NCCN2CCOCC2)ccc1NS(=O)(=O)c1ccccc1. The molecule has 0 radical (unpaired) electrons. The number of hydrogen-bond donors (Lipinski definition) is 2. The fraction of sp³-hybridized carbons (Fsp3) is 0.350. The fourth-order valence-electron chi connectivity index (χ4n) is 2.98. The molecule has 7 nitrogen and oxygen atoms in total. The molecule has 0 unspecified atom stereocenters. The number of aryl methyl sites for hydroxylation is 1. The summed E-state index contributed by atoms with van der Waals surface area (Å²) in [6.07, 6.45) is 0. The molecule has 0 aromatic heterocycles. The zero-order valence-electron chi connectivity index (χ0n) is 15.8. The van der Waals surface area contributed by atoms with Crippen LogP contribution in [0.3, 0.4) is 0 Å². The Hall–Kier alpha value is -2.42. The van der Waals surface area contributed by atoms with Gasteiger partial charge in [-0.3, -0.25) is 14.4 Å². The van der Waals surface area contributed by atoms with Crippen molar-refractivity contribution < 1.29 is 17.9 Å². The molecule has 1 fully saturated rings. The van der Waals surface area contributed by atoms with E-state index in [9.17, 15) is 13.2 Å². The van der Waals surface area contributed by atoms with Crippen LogP contribution in [0.4, 0.5) is 5.69 Å². The van der Waals surface area contributed by atoms with Crippen LogP contribution in [0.15, 0.2) is 53.4 Å². The van der Waals surface area contributed by atoms with Gasteiger partial charge in [-0.2, -0.15) is 0 Å². The van der Waals surface area contributed by atoms with Crippen LogP contribution < -0.4 is 10.0 Å². The van der Waals surface area contributed by atoms with Crippen molar-refractivity contribution in [1.29, 1.82) is 0 Å². The van der Waals surface area contributed by atoms with Gasteiger partial charge in [0.05, 0.1) is 23.8 Å². The van der Waals surface area contributed by atoms with Crippen LogP contribution in [-0.4, -0.2) is 58.6 Å². The lowest BCUT2D eigenvalue weighted by Gasteiger charge is -2.26. The largest absolute Gasteiger partial charge is 0.379 e. The van der Waals surface area contributed by atoms with E-state index in [1.54, 1.807) is 43.3 Å². The Morgan fingerprint density at radius 2 is 1.82 bits per heavy atom. The average molecular weight is 404 g/mol. The number of nitrogens with one attached hydrogen (secondary N) is 2. The van der Waals surface area contributed by atoms with Crippen molar-refractivity contribution in [2.45, 2.75) is 11.8 Å². The highest BCUT2D eigenvalue weighted by Gasteiger charge is 2.16. The molecule has 1 aliphatic heterocycles. The summed E-state index contributed by atoms with van der Waals surface area (Å²) in [7, 11) is -3.66. The van der Waals surface area contributed by atoms with E-state index in [4.69, 9.17) is 4.74 Å². The van der Waals surface area contributed by atoms with Gasteiger partial charge in [-0.15, -0.1) is 0 Å². The molecule has 0 aliphatic carbocycles. The number of anilines is 1. The number of rotatable bonds is 7. The third-order valence-electron chi connectivity index (χ3n) is 4.60. The molecular formula is C20H25N3O4S. The van der Waals surface area contributed by atoms with Gasteiger partial charge >= 0.3 is 0 Å². The van der Waals surface area contributed by atoms with Crippen LogP contribution in [0.1, 0.15) is 15.9 Å². The second-order valence-electron chi connectivity index (χ2n) is 6.66. The summed E-state index contributed by atoms with van der Waals surface area (Å²) < 4.78 is 32.8. The Bertz CT molecular complexity index is 910. The summed E-state index contributed by atoms with van der Waals surface area (Å²) >= 11 is 0. The molecule has 1 heterocycles. The van der Waals surface area contributed by atoms with Crippen LogP contribution in [0.5, 0.6) is 0 Å². The number of carbonyl (C=O) groups is 1. The molecule has 1 aliphatic rings. The Kier molecular flexibility index (Phi) is 6.66. The van der Waals surface area contributed by atoms with Gasteiger partial charge in [0, 0.05) is 31.7 Å². The first-order valence-corrected chi connectivity index (χ1v) is 10.7. The minimum absolute atomic E-state index is 0.172. The van der Waals surface area contributed by atoms with Gasteiger partial charge in [0.1, 0.15) is 0 Å². The smallest absolute Gasteiger partial charge is 0.261 e. The van der Waals surface area contributed by atoms with Gasteiger partial charge in [-0.05, 0) is 42.8 Å². The molecule has 1 amide bonds. The molecule has 0 bridgehead atoms. The summed E-state index contributed by atoms with van der Waals surface area (Å²) in [5.41, 5.74) is 1.64. The Morgan fingerprint density at radius 1 is 1.11 bits per heavy atom. The van der Waals surface area contributed by atoms with Crippen molar-refractivity contribution in [3.63, 3.8) is 0 Å². The lowest BCUT2D eigenvalue weighted by Crippen LogP contribution is -2.41. The summed E-state index contributed by atoms with van der Waals surface area (Å²) in [6, 6.07) is 13.1. The van der Waals surface area contributed by atoms with Crippen LogP contribution >= 0.6 is 0 Å². The van der Waals surface area contributed by atoms with Gasteiger partial charge in [-0.25, -0.2) is 8.42 Å². The normalized spacial score (nSPS) is 15.2. The van der Waals surface area contributed by atoms with E-state index in [0.29, 0.717) is 23.4 Å². The molecule has 28 heavy (non-hydrogen) atoms. The molecule has 0 saturated carbocycles. The van der Waals surface area contributed by atoms with E-state index in [1.807, 2.05) is 0 Å². The number of benzene rings is 2. The third kappa shape index (κ3) is 5.31. The Morgan fingerprint density at radius 3 is 2.50 bits per heavy atom. The quantitative estimate of drug-likeness (QED) is 0.737. The van der Waals surface area contributed by atoms with Crippen molar-refractivity contribution in [1.82, 2.24) is 10.2 Å². The molecular weight excluding hydrogens is 378 g/mol. The highest BCUT2D eigenvalue weighted by molar-refractivity contribution is 7.92. The number of amides is 1. The average Bonchev–Trinajstić information content (AvgIpc) is 2.71. The van der Waals surface area contributed by atoms with Gasteiger partial charge in [0.2, 0.25) is 0 Å².